The minimum atomic E-state index is 0.337. The third-order valence-corrected chi connectivity index (χ3v) is 6.34. The second-order valence-corrected chi connectivity index (χ2v) is 8.58. The molecule has 1 aromatic heterocycles. The van der Waals surface area contributed by atoms with Crippen molar-refractivity contribution in [2.24, 2.45) is 0 Å². The van der Waals surface area contributed by atoms with Gasteiger partial charge in [-0.3, -0.25) is 0 Å². The number of unbranched alkanes of at least 4 members (excludes halogenated alkanes) is 1. The number of rotatable bonds is 7. The zero-order valence-corrected chi connectivity index (χ0v) is 20.4. The van der Waals surface area contributed by atoms with Gasteiger partial charge < -0.3 is 15.4 Å². The Labute approximate surface area is 207 Å². The zero-order valence-electron chi connectivity index (χ0n) is 20.4. The van der Waals surface area contributed by atoms with Crippen LogP contribution in [0.15, 0.2) is 85.1 Å². The maximum Gasteiger partial charge on any atom is 0.222 e. The van der Waals surface area contributed by atoms with Crippen molar-refractivity contribution < 1.29 is 4.79 Å². The molecule has 0 saturated heterocycles. The van der Waals surface area contributed by atoms with Crippen LogP contribution in [0.25, 0.3) is 11.3 Å². The van der Waals surface area contributed by atoms with Crippen LogP contribution in [0, 0.1) is 0 Å². The molecule has 1 atom stereocenters. The number of aryl methyl sites for hydroxylation is 1. The van der Waals surface area contributed by atoms with E-state index in [1.54, 1.807) is 0 Å². The van der Waals surface area contributed by atoms with Gasteiger partial charge in [-0.15, -0.1) is 0 Å². The van der Waals surface area contributed by atoms with Gasteiger partial charge in [0.2, 0.25) is 5.95 Å². The smallest absolute Gasteiger partial charge is 0.222 e. The van der Waals surface area contributed by atoms with Gasteiger partial charge >= 0.3 is 0 Å². The quantitative estimate of drug-likeness (QED) is 0.255. The van der Waals surface area contributed by atoms with Gasteiger partial charge in [-0.2, -0.15) is 0 Å². The van der Waals surface area contributed by atoms with E-state index in [0.717, 1.165) is 36.9 Å². The molecule has 0 bridgehead atoms. The van der Waals surface area contributed by atoms with Gasteiger partial charge in [0, 0.05) is 43.9 Å². The van der Waals surface area contributed by atoms with Gasteiger partial charge in [-0.25, -0.2) is 9.97 Å². The van der Waals surface area contributed by atoms with Crippen molar-refractivity contribution >= 4 is 17.9 Å². The van der Waals surface area contributed by atoms with Gasteiger partial charge in [0.25, 0.3) is 0 Å². The molecule has 0 saturated carbocycles. The number of fused-ring (bicyclic) bond motifs is 3. The van der Waals surface area contributed by atoms with E-state index in [4.69, 9.17) is 4.98 Å². The Morgan fingerprint density at radius 2 is 1.66 bits per heavy atom. The van der Waals surface area contributed by atoms with Crippen molar-refractivity contribution in [3.8, 4) is 11.3 Å². The molecule has 1 unspecified atom stereocenters. The van der Waals surface area contributed by atoms with Gasteiger partial charge in [0.15, 0.2) is 0 Å². The molecular weight excluding hydrogens is 432 g/mol. The van der Waals surface area contributed by atoms with E-state index in [2.05, 4.69) is 76.3 Å². The van der Waals surface area contributed by atoms with Crippen molar-refractivity contribution in [2.75, 3.05) is 24.7 Å². The van der Waals surface area contributed by atoms with Gasteiger partial charge in [-0.1, -0.05) is 66.7 Å². The third kappa shape index (κ3) is 5.93. The predicted molar refractivity (Wildman–Crippen MR) is 144 cm³/mol. The fraction of sp³-hybridized carbons (Fsp3) is 0.233. The van der Waals surface area contributed by atoms with Crippen LogP contribution >= 0.6 is 0 Å². The Balaban J connectivity index is 0.000000221. The van der Waals surface area contributed by atoms with Crippen molar-refractivity contribution in [3.05, 3.63) is 107 Å². The lowest BCUT2D eigenvalue weighted by atomic mass is 9.78. The minimum Gasteiger partial charge on any atom is -0.388 e. The van der Waals surface area contributed by atoms with E-state index in [9.17, 15) is 4.79 Å². The molecule has 4 aromatic rings. The van der Waals surface area contributed by atoms with Crippen LogP contribution in [-0.2, 0) is 17.6 Å². The van der Waals surface area contributed by atoms with Crippen LogP contribution in [0.3, 0.4) is 0 Å². The number of hydrogen-bond donors (Lipinski definition) is 2. The van der Waals surface area contributed by atoms with Crippen molar-refractivity contribution in [3.63, 3.8) is 0 Å². The van der Waals surface area contributed by atoms with E-state index < -0.39 is 0 Å². The SMILES string of the molecule is CNc1ccc(C2Cc3cnc(NC)nc3-c3ccccc32)cc1.O=CCCCc1ccccc1. The summed E-state index contributed by atoms with van der Waals surface area (Å²) in [4.78, 5) is 19.1. The van der Waals surface area contributed by atoms with Crippen LogP contribution in [0.4, 0.5) is 11.6 Å². The van der Waals surface area contributed by atoms with Crippen molar-refractivity contribution in [1.29, 1.82) is 0 Å². The van der Waals surface area contributed by atoms with Crippen LogP contribution in [0.2, 0.25) is 0 Å². The summed E-state index contributed by atoms with van der Waals surface area (Å²) in [6.07, 6.45) is 6.51. The molecule has 0 fully saturated rings. The van der Waals surface area contributed by atoms with Gasteiger partial charge in [0.05, 0.1) is 5.69 Å². The zero-order chi connectivity index (χ0) is 24.5. The first-order chi connectivity index (χ1) is 17.2. The molecule has 178 valence electrons. The van der Waals surface area contributed by atoms with E-state index in [0.29, 0.717) is 18.3 Å². The highest BCUT2D eigenvalue weighted by Crippen LogP contribution is 2.41. The summed E-state index contributed by atoms with van der Waals surface area (Å²) in [7, 11) is 3.79. The summed E-state index contributed by atoms with van der Waals surface area (Å²) in [5.41, 5.74) is 8.57. The van der Waals surface area contributed by atoms with Crippen LogP contribution in [0.5, 0.6) is 0 Å². The molecule has 1 aliphatic carbocycles. The molecule has 1 aliphatic rings. The van der Waals surface area contributed by atoms with E-state index >= 15 is 0 Å². The summed E-state index contributed by atoms with van der Waals surface area (Å²) < 4.78 is 0. The number of aldehydes is 1. The Morgan fingerprint density at radius 1 is 0.914 bits per heavy atom. The fourth-order valence-corrected chi connectivity index (χ4v) is 4.47. The van der Waals surface area contributed by atoms with E-state index in [1.165, 1.54) is 27.8 Å². The molecule has 1 heterocycles. The molecule has 5 nitrogen and oxygen atoms in total. The summed E-state index contributed by atoms with van der Waals surface area (Å²) in [5, 5.41) is 6.21. The molecule has 0 spiro atoms. The summed E-state index contributed by atoms with van der Waals surface area (Å²) in [6, 6.07) is 27.5. The molecule has 5 heteroatoms. The predicted octanol–water partition coefficient (Wildman–Crippen LogP) is 6.12. The average molecular weight is 465 g/mol. The highest BCUT2D eigenvalue weighted by molar-refractivity contribution is 5.72. The lowest BCUT2D eigenvalue weighted by Crippen LogP contribution is -2.15. The first-order valence-corrected chi connectivity index (χ1v) is 12.1. The van der Waals surface area contributed by atoms with Gasteiger partial charge in [0.1, 0.15) is 6.29 Å². The van der Waals surface area contributed by atoms with Crippen molar-refractivity contribution in [1.82, 2.24) is 9.97 Å². The normalized spacial score (nSPS) is 13.5. The molecule has 0 aliphatic heterocycles. The Kier molecular flexibility index (Phi) is 8.23. The standard InChI is InChI=1S/C20H20N4.C10H12O/c1-21-15-9-7-13(8-10-15)18-11-14-12-23-20(22-2)24-19(14)17-6-4-3-5-16(17)18;11-9-5-4-8-10-6-2-1-3-7-10/h3-10,12,18,21H,11H2,1-2H3,(H,22,23,24);1-3,6-7,9H,4-5,8H2. The highest BCUT2D eigenvalue weighted by atomic mass is 16.1. The van der Waals surface area contributed by atoms with E-state index in [-0.39, 0.29) is 0 Å². The third-order valence-electron chi connectivity index (χ3n) is 6.34. The summed E-state index contributed by atoms with van der Waals surface area (Å²) in [5.74, 6) is 1.00. The first-order valence-electron chi connectivity index (χ1n) is 12.1. The number of carbonyl (C=O) groups excluding carboxylic acids is 1. The summed E-state index contributed by atoms with van der Waals surface area (Å²) in [6.45, 7) is 0. The maximum atomic E-state index is 10.00. The molecule has 2 N–H and O–H groups in total. The van der Waals surface area contributed by atoms with Crippen molar-refractivity contribution in [2.45, 2.75) is 31.6 Å². The largest absolute Gasteiger partial charge is 0.388 e. The van der Waals surface area contributed by atoms with Crippen LogP contribution in [-0.4, -0.2) is 30.3 Å². The molecular formula is C30H32N4O. The lowest BCUT2D eigenvalue weighted by Gasteiger charge is -2.27. The number of benzene rings is 3. The first kappa shape index (κ1) is 24.1. The minimum absolute atomic E-state index is 0.337. The number of aromatic nitrogens is 2. The second-order valence-electron chi connectivity index (χ2n) is 8.58. The number of nitrogens with zero attached hydrogens (tertiary/aromatic N) is 2. The van der Waals surface area contributed by atoms with Crippen LogP contribution in [0.1, 0.15) is 41.0 Å². The van der Waals surface area contributed by atoms with E-state index in [1.807, 2.05) is 38.5 Å². The fourth-order valence-electron chi connectivity index (χ4n) is 4.47. The lowest BCUT2D eigenvalue weighted by molar-refractivity contribution is -0.107. The molecule has 0 amide bonds. The summed E-state index contributed by atoms with van der Waals surface area (Å²) >= 11 is 0. The topological polar surface area (TPSA) is 66.9 Å². The number of nitrogens with one attached hydrogen (secondary N) is 2. The molecule has 3 aromatic carbocycles. The Morgan fingerprint density at radius 3 is 2.37 bits per heavy atom. The monoisotopic (exact) mass is 464 g/mol. The number of hydrogen-bond acceptors (Lipinski definition) is 5. The molecule has 0 radical (unpaired) electrons. The molecule has 35 heavy (non-hydrogen) atoms. The second kappa shape index (κ2) is 11.9. The van der Waals surface area contributed by atoms with Crippen LogP contribution < -0.4 is 10.6 Å². The number of anilines is 2. The number of carbonyl (C=O) groups is 1. The molecule has 5 rings (SSSR count). The maximum absolute atomic E-state index is 10.00. The Hall–Kier alpha value is -3.99. The Bertz CT molecular complexity index is 1240. The average Bonchev–Trinajstić information content (AvgIpc) is 2.93. The van der Waals surface area contributed by atoms with Gasteiger partial charge in [-0.05, 0) is 53.6 Å². The highest BCUT2D eigenvalue weighted by Gasteiger charge is 2.27.